The van der Waals surface area contributed by atoms with Gasteiger partial charge in [0.05, 0.1) is 17.4 Å². The van der Waals surface area contributed by atoms with E-state index in [1.54, 1.807) is 6.20 Å². The molecule has 6 heteroatoms. The SMILES string of the molecule is Cc1ncncc1C(=O)N1CCN(C[C@H](O)C(C)(C)C)CC1. The third-order valence-electron chi connectivity index (χ3n) is 4.23. The van der Waals surface area contributed by atoms with Gasteiger partial charge >= 0.3 is 0 Å². The average Bonchev–Trinajstić information content (AvgIpc) is 2.47. The van der Waals surface area contributed by atoms with Crippen molar-refractivity contribution in [3.05, 3.63) is 23.8 Å². The van der Waals surface area contributed by atoms with E-state index in [1.807, 2.05) is 32.6 Å². The maximum atomic E-state index is 12.5. The largest absolute Gasteiger partial charge is 0.391 e. The van der Waals surface area contributed by atoms with E-state index in [0.717, 1.165) is 13.1 Å². The molecule has 1 aromatic heterocycles. The summed E-state index contributed by atoms with van der Waals surface area (Å²) in [6.45, 7) is 11.5. The number of piperazine rings is 1. The van der Waals surface area contributed by atoms with Gasteiger partial charge in [0.15, 0.2) is 0 Å². The molecule has 0 saturated carbocycles. The highest BCUT2D eigenvalue weighted by atomic mass is 16.3. The molecule has 0 bridgehead atoms. The lowest BCUT2D eigenvalue weighted by atomic mass is 9.89. The highest BCUT2D eigenvalue weighted by Crippen LogP contribution is 2.20. The van der Waals surface area contributed by atoms with Crippen LogP contribution < -0.4 is 0 Å². The topological polar surface area (TPSA) is 69.6 Å². The summed E-state index contributed by atoms with van der Waals surface area (Å²) in [5.41, 5.74) is 1.17. The maximum Gasteiger partial charge on any atom is 0.257 e. The first-order chi connectivity index (χ1) is 10.3. The molecule has 0 aromatic carbocycles. The predicted octanol–water partition coefficient (Wildman–Crippen LogP) is 0.950. The third kappa shape index (κ3) is 4.01. The Balaban J connectivity index is 1.90. The summed E-state index contributed by atoms with van der Waals surface area (Å²) in [7, 11) is 0. The summed E-state index contributed by atoms with van der Waals surface area (Å²) in [5.74, 6) is -0.00544. The number of carbonyl (C=O) groups is 1. The molecule has 1 fully saturated rings. The van der Waals surface area contributed by atoms with Gasteiger partial charge in [0.2, 0.25) is 0 Å². The molecule has 122 valence electrons. The number of hydrogen-bond acceptors (Lipinski definition) is 5. The molecule has 1 N–H and O–H groups in total. The summed E-state index contributed by atoms with van der Waals surface area (Å²) in [6.07, 6.45) is 2.68. The Morgan fingerprint density at radius 2 is 1.95 bits per heavy atom. The quantitative estimate of drug-likeness (QED) is 0.900. The average molecular weight is 306 g/mol. The fraction of sp³-hybridized carbons (Fsp3) is 0.688. The Hall–Kier alpha value is -1.53. The summed E-state index contributed by atoms with van der Waals surface area (Å²) in [6, 6.07) is 0. The standard InChI is InChI=1S/C16H26N4O2/c1-12-13(9-17-11-18-12)15(22)20-7-5-19(6-8-20)10-14(21)16(2,3)4/h9,11,14,21H,5-8,10H2,1-4H3/t14-/m0/s1. The molecule has 0 radical (unpaired) electrons. The van der Waals surface area contributed by atoms with E-state index in [9.17, 15) is 9.90 Å². The van der Waals surface area contributed by atoms with Gasteiger partial charge in [-0.05, 0) is 12.3 Å². The molecule has 0 spiro atoms. The summed E-state index contributed by atoms with van der Waals surface area (Å²) in [4.78, 5) is 24.6. The second kappa shape index (κ2) is 6.71. The Morgan fingerprint density at radius 3 is 2.50 bits per heavy atom. The zero-order valence-electron chi connectivity index (χ0n) is 13.9. The van der Waals surface area contributed by atoms with E-state index in [1.165, 1.54) is 6.33 Å². The number of amides is 1. The van der Waals surface area contributed by atoms with Crippen LogP contribution in [0.25, 0.3) is 0 Å². The van der Waals surface area contributed by atoms with Gasteiger partial charge in [-0.1, -0.05) is 20.8 Å². The number of aliphatic hydroxyl groups is 1. The van der Waals surface area contributed by atoms with Crippen molar-refractivity contribution in [3.8, 4) is 0 Å². The smallest absolute Gasteiger partial charge is 0.257 e. The van der Waals surface area contributed by atoms with Crippen molar-refractivity contribution in [2.75, 3.05) is 32.7 Å². The Morgan fingerprint density at radius 1 is 1.32 bits per heavy atom. The van der Waals surface area contributed by atoms with Crippen LogP contribution in [0.4, 0.5) is 0 Å². The molecule has 1 saturated heterocycles. The molecule has 6 nitrogen and oxygen atoms in total. The molecule has 1 aliphatic heterocycles. The number of hydrogen-bond donors (Lipinski definition) is 1. The van der Waals surface area contributed by atoms with E-state index >= 15 is 0 Å². The minimum Gasteiger partial charge on any atom is -0.391 e. The van der Waals surface area contributed by atoms with Gasteiger partial charge in [0, 0.05) is 38.9 Å². The van der Waals surface area contributed by atoms with Crippen LogP contribution in [-0.4, -0.2) is 69.6 Å². The zero-order chi connectivity index (χ0) is 16.3. The normalized spacial score (nSPS) is 18.3. The molecule has 0 unspecified atom stereocenters. The van der Waals surface area contributed by atoms with Crippen molar-refractivity contribution in [2.24, 2.45) is 5.41 Å². The van der Waals surface area contributed by atoms with Crippen LogP contribution in [0.15, 0.2) is 12.5 Å². The minimum atomic E-state index is -0.362. The second-order valence-electron chi connectivity index (χ2n) is 7.00. The van der Waals surface area contributed by atoms with Crippen molar-refractivity contribution in [3.63, 3.8) is 0 Å². The Kier molecular flexibility index (Phi) is 5.13. The van der Waals surface area contributed by atoms with E-state index in [4.69, 9.17) is 0 Å². The number of β-amino-alcohol motifs (C(OH)–C–C–N with tert-alkyl or cyclic N) is 1. The minimum absolute atomic E-state index is 0.00544. The van der Waals surface area contributed by atoms with Crippen LogP contribution in [0, 0.1) is 12.3 Å². The lowest BCUT2D eigenvalue weighted by molar-refractivity contribution is 0.0136. The summed E-state index contributed by atoms with van der Waals surface area (Å²) >= 11 is 0. The molecule has 2 heterocycles. The zero-order valence-corrected chi connectivity index (χ0v) is 13.9. The van der Waals surface area contributed by atoms with Gasteiger partial charge < -0.3 is 10.0 Å². The summed E-state index contributed by atoms with van der Waals surface area (Å²) < 4.78 is 0. The van der Waals surface area contributed by atoms with E-state index < -0.39 is 0 Å². The molecule has 1 amide bonds. The van der Waals surface area contributed by atoms with Gasteiger partial charge in [-0.3, -0.25) is 9.69 Å². The summed E-state index contributed by atoms with van der Waals surface area (Å²) in [5, 5.41) is 10.2. The van der Waals surface area contributed by atoms with Gasteiger partial charge in [0.1, 0.15) is 6.33 Å². The van der Waals surface area contributed by atoms with Crippen LogP contribution in [0.5, 0.6) is 0 Å². The number of carbonyl (C=O) groups excluding carboxylic acids is 1. The van der Waals surface area contributed by atoms with Crippen LogP contribution in [0.1, 0.15) is 36.8 Å². The van der Waals surface area contributed by atoms with Gasteiger partial charge in [-0.25, -0.2) is 9.97 Å². The predicted molar refractivity (Wildman–Crippen MR) is 84.6 cm³/mol. The van der Waals surface area contributed by atoms with E-state index in [0.29, 0.717) is 30.9 Å². The lowest BCUT2D eigenvalue weighted by Gasteiger charge is -2.38. The van der Waals surface area contributed by atoms with E-state index in [2.05, 4.69) is 14.9 Å². The number of rotatable bonds is 3. The molecule has 2 rings (SSSR count). The van der Waals surface area contributed by atoms with Crippen molar-refractivity contribution in [1.82, 2.24) is 19.8 Å². The molecule has 1 atom stereocenters. The fourth-order valence-electron chi connectivity index (χ4n) is 2.42. The monoisotopic (exact) mass is 306 g/mol. The molecule has 22 heavy (non-hydrogen) atoms. The molecule has 1 aliphatic rings. The van der Waals surface area contributed by atoms with Gasteiger partial charge in [-0.2, -0.15) is 0 Å². The van der Waals surface area contributed by atoms with Crippen LogP contribution in [-0.2, 0) is 0 Å². The first-order valence-corrected chi connectivity index (χ1v) is 7.75. The first kappa shape index (κ1) is 16.8. The molecule has 0 aliphatic carbocycles. The van der Waals surface area contributed by atoms with Gasteiger partial charge in [0.25, 0.3) is 5.91 Å². The number of aromatic nitrogens is 2. The van der Waals surface area contributed by atoms with Crippen molar-refractivity contribution in [1.29, 1.82) is 0 Å². The lowest BCUT2D eigenvalue weighted by Crippen LogP contribution is -2.51. The number of aliphatic hydroxyl groups excluding tert-OH is 1. The second-order valence-corrected chi connectivity index (χ2v) is 7.00. The van der Waals surface area contributed by atoms with Crippen molar-refractivity contribution >= 4 is 5.91 Å². The highest BCUT2D eigenvalue weighted by molar-refractivity contribution is 5.94. The number of nitrogens with zero attached hydrogens (tertiary/aromatic N) is 4. The van der Waals surface area contributed by atoms with Crippen LogP contribution >= 0.6 is 0 Å². The van der Waals surface area contributed by atoms with Crippen LogP contribution in [0.3, 0.4) is 0 Å². The fourth-order valence-corrected chi connectivity index (χ4v) is 2.42. The third-order valence-corrected chi connectivity index (χ3v) is 4.23. The highest BCUT2D eigenvalue weighted by Gasteiger charge is 2.28. The molecular weight excluding hydrogens is 280 g/mol. The Bertz CT molecular complexity index is 519. The molecular formula is C16H26N4O2. The van der Waals surface area contributed by atoms with Crippen molar-refractivity contribution < 1.29 is 9.90 Å². The van der Waals surface area contributed by atoms with Crippen molar-refractivity contribution in [2.45, 2.75) is 33.8 Å². The number of aryl methyl sites for hydroxylation is 1. The maximum absolute atomic E-state index is 12.5. The van der Waals surface area contributed by atoms with Crippen LogP contribution in [0.2, 0.25) is 0 Å². The Labute approximate surface area is 132 Å². The molecule has 1 aromatic rings. The van der Waals surface area contributed by atoms with Gasteiger partial charge in [-0.15, -0.1) is 0 Å². The van der Waals surface area contributed by atoms with E-state index in [-0.39, 0.29) is 17.4 Å². The first-order valence-electron chi connectivity index (χ1n) is 7.75.